The van der Waals surface area contributed by atoms with Gasteiger partial charge in [-0.1, -0.05) is 13.0 Å². The summed E-state index contributed by atoms with van der Waals surface area (Å²) in [5.74, 6) is 0. The standard InChI is InChI=1S/C13H19N3/c1-4-10(2)16(3)13-6-5-11(8-14)7-12(13)9-15/h5-7,10H,4,8,14H2,1-3H3. The molecule has 16 heavy (non-hydrogen) atoms. The molecule has 1 rings (SSSR count). The maximum absolute atomic E-state index is 9.12. The topological polar surface area (TPSA) is 53.0 Å². The summed E-state index contributed by atoms with van der Waals surface area (Å²) < 4.78 is 0. The third-order valence-corrected chi connectivity index (χ3v) is 3.05. The molecule has 1 atom stereocenters. The van der Waals surface area contributed by atoms with Gasteiger partial charge in [-0.3, -0.25) is 0 Å². The van der Waals surface area contributed by atoms with Crippen molar-refractivity contribution < 1.29 is 0 Å². The van der Waals surface area contributed by atoms with Crippen LogP contribution in [-0.4, -0.2) is 13.1 Å². The summed E-state index contributed by atoms with van der Waals surface area (Å²) in [6, 6.07) is 8.49. The Morgan fingerprint density at radius 3 is 2.69 bits per heavy atom. The van der Waals surface area contributed by atoms with Gasteiger partial charge in [0.25, 0.3) is 0 Å². The van der Waals surface area contributed by atoms with Crippen molar-refractivity contribution in [1.82, 2.24) is 0 Å². The van der Waals surface area contributed by atoms with E-state index in [9.17, 15) is 0 Å². The first-order chi connectivity index (χ1) is 7.63. The molecule has 2 N–H and O–H groups in total. The highest BCUT2D eigenvalue weighted by Gasteiger charge is 2.12. The highest BCUT2D eigenvalue weighted by Crippen LogP contribution is 2.22. The average molecular weight is 217 g/mol. The molecule has 3 nitrogen and oxygen atoms in total. The summed E-state index contributed by atoms with van der Waals surface area (Å²) >= 11 is 0. The number of nitriles is 1. The van der Waals surface area contributed by atoms with E-state index in [2.05, 4.69) is 24.8 Å². The second-order valence-corrected chi connectivity index (χ2v) is 4.04. The fraction of sp³-hybridized carbons (Fsp3) is 0.462. The van der Waals surface area contributed by atoms with E-state index in [1.165, 1.54) is 0 Å². The molecular weight excluding hydrogens is 198 g/mol. The maximum atomic E-state index is 9.12. The largest absolute Gasteiger partial charge is 0.371 e. The Bertz CT molecular complexity index is 393. The average Bonchev–Trinajstić information content (AvgIpc) is 2.35. The molecule has 0 amide bonds. The van der Waals surface area contributed by atoms with Gasteiger partial charge in [-0.25, -0.2) is 0 Å². The van der Waals surface area contributed by atoms with Crippen LogP contribution in [0.3, 0.4) is 0 Å². The Balaban J connectivity index is 3.09. The smallest absolute Gasteiger partial charge is 0.101 e. The number of rotatable bonds is 4. The summed E-state index contributed by atoms with van der Waals surface area (Å²) in [4.78, 5) is 2.14. The third-order valence-electron chi connectivity index (χ3n) is 3.05. The predicted molar refractivity (Wildman–Crippen MR) is 67.2 cm³/mol. The fourth-order valence-electron chi connectivity index (χ4n) is 1.62. The van der Waals surface area contributed by atoms with Gasteiger partial charge >= 0.3 is 0 Å². The van der Waals surface area contributed by atoms with Crippen molar-refractivity contribution in [3.63, 3.8) is 0 Å². The van der Waals surface area contributed by atoms with E-state index in [0.29, 0.717) is 18.2 Å². The van der Waals surface area contributed by atoms with Gasteiger partial charge in [-0.05, 0) is 31.0 Å². The lowest BCUT2D eigenvalue weighted by Gasteiger charge is -2.27. The zero-order valence-electron chi connectivity index (χ0n) is 10.2. The second kappa shape index (κ2) is 5.53. The summed E-state index contributed by atoms with van der Waals surface area (Å²) in [6.07, 6.45) is 1.06. The van der Waals surface area contributed by atoms with Gasteiger partial charge in [0.05, 0.1) is 11.3 Å². The maximum Gasteiger partial charge on any atom is 0.101 e. The first kappa shape index (κ1) is 12.5. The van der Waals surface area contributed by atoms with Crippen LogP contribution < -0.4 is 10.6 Å². The van der Waals surface area contributed by atoms with Crippen molar-refractivity contribution in [2.75, 3.05) is 11.9 Å². The van der Waals surface area contributed by atoms with Gasteiger partial charge < -0.3 is 10.6 Å². The predicted octanol–water partition coefficient (Wildman–Crippen LogP) is 2.25. The van der Waals surface area contributed by atoms with E-state index in [0.717, 1.165) is 17.7 Å². The third kappa shape index (κ3) is 2.53. The molecule has 0 aliphatic heterocycles. The summed E-state index contributed by atoms with van der Waals surface area (Å²) in [5.41, 5.74) is 8.24. The molecule has 1 aromatic carbocycles. The van der Waals surface area contributed by atoms with E-state index >= 15 is 0 Å². The number of hydrogen-bond acceptors (Lipinski definition) is 3. The minimum atomic E-state index is 0.427. The van der Waals surface area contributed by atoms with Gasteiger partial charge in [0.1, 0.15) is 6.07 Å². The molecule has 1 aromatic rings. The monoisotopic (exact) mass is 217 g/mol. The number of hydrogen-bond donors (Lipinski definition) is 1. The van der Waals surface area contributed by atoms with Gasteiger partial charge in [0.15, 0.2) is 0 Å². The number of benzene rings is 1. The molecule has 0 fully saturated rings. The van der Waals surface area contributed by atoms with Crippen molar-refractivity contribution in [2.24, 2.45) is 5.73 Å². The van der Waals surface area contributed by atoms with Gasteiger partial charge in [-0.15, -0.1) is 0 Å². The van der Waals surface area contributed by atoms with Crippen molar-refractivity contribution in [2.45, 2.75) is 32.9 Å². The van der Waals surface area contributed by atoms with Crippen LogP contribution in [0.4, 0.5) is 5.69 Å². The minimum Gasteiger partial charge on any atom is -0.371 e. The lowest BCUT2D eigenvalue weighted by molar-refractivity contribution is 0.663. The SMILES string of the molecule is CCC(C)N(C)c1ccc(CN)cc1C#N. The van der Waals surface area contributed by atoms with Crippen LogP contribution in [-0.2, 0) is 6.54 Å². The summed E-state index contributed by atoms with van der Waals surface area (Å²) in [5, 5.41) is 9.12. The first-order valence-corrected chi connectivity index (χ1v) is 5.60. The Kier molecular flexibility index (Phi) is 4.33. The fourth-order valence-corrected chi connectivity index (χ4v) is 1.62. The molecule has 86 valence electrons. The van der Waals surface area contributed by atoms with Gasteiger partial charge in [0, 0.05) is 19.6 Å². The lowest BCUT2D eigenvalue weighted by atomic mass is 10.1. The van der Waals surface area contributed by atoms with Crippen LogP contribution in [0, 0.1) is 11.3 Å². The molecule has 0 aliphatic rings. The molecule has 0 heterocycles. The number of anilines is 1. The summed E-state index contributed by atoms with van der Waals surface area (Å²) in [6.45, 7) is 4.77. The lowest BCUT2D eigenvalue weighted by Crippen LogP contribution is -2.28. The molecule has 1 unspecified atom stereocenters. The van der Waals surface area contributed by atoms with Crippen LogP contribution in [0.25, 0.3) is 0 Å². The minimum absolute atomic E-state index is 0.427. The Morgan fingerprint density at radius 2 is 2.19 bits per heavy atom. The first-order valence-electron chi connectivity index (χ1n) is 5.60. The molecule has 3 heteroatoms. The second-order valence-electron chi connectivity index (χ2n) is 4.04. The van der Waals surface area contributed by atoms with Crippen LogP contribution in [0.5, 0.6) is 0 Å². The molecule has 0 saturated heterocycles. The van der Waals surface area contributed by atoms with Gasteiger partial charge in [0.2, 0.25) is 0 Å². The number of nitrogens with two attached hydrogens (primary N) is 1. The van der Waals surface area contributed by atoms with E-state index in [1.807, 2.05) is 25.2 Å². The van der Waals surface area contributed by atoms with Crippen LogP contribution in [0.15, 0.2) is 18.2 Å². The Morgan fingerprint density at radius 1 is 1.50 bits per heavy atom. The van der Waals surface area contributed by atoms with E-state index in [4.69, 9.17) is 11.0 Å². The van der Waals surface area contributed by atoms with Gasteiger partial charge in [-0.2, -0.15) is 5.26 Å². The van der Waals surface area contributed by atoms with Crippen molar-refractivity contribution in [3.05, 3.63) is 29.3 Å². The highest BCUT2D eigenvalue weighted by atomic mass is 15.1. The van der Waals surface area contributed by atoms with E-state index < -0.39 is 0 Å². The highest BCUT2D eigenvalue weighted by molar-refractivity contribution is 5.60. The molecule has 0 saturated carbocycles. The molecule has 0 bridgehead atoms. The van der Waals surface area contributed by atoms with Crippen molar-refractivity contribution in [3.8, 4) is 6.07 Å². The molecule has 0 aromatic heterocycles. The van der Waals surface area contributed by atoms with Crippen LogP contribution in [0.1, 0.15) is 31.4 Å². The van der Waals surface area contributed by atoms with E-state index in [-0.39, 0.29) is 0 Å². The zero-order valence-corrected chi connectivity index (χ0v) is 10.2. The van der Waals surface area contributed by atoms with Crippen LogP contribution in [0.2, 0.25) is 0 Å². The van der Waals surface area contributed by atoms with E-state index in [1.54, 1.807) is 0 Å². The zero-order chi connectivity index (χ0) is 12.1. The Hall–Kier alpha value is -1.53. The quantitative estimate of drug-likeness (QED) is 0.841. The summed E-state index contributed by atoms with van der Waals surface area (Å²) in [7, 11) is 2.02. The normalized spacial score (nSPS) is 11.9. The molecule has 0 spiro atoms. The Labute approximate surface area is 97.5 Å². The molecule has 0 radical (unpaired) electrons. The number of nitrogens with zero attached hydrogens (tertiary/aromatic N) is 2. The van der Waals surface area contributed by atoms with Crippen LogP contribution >= 0.6 is 0 Å². The van der Waals surface area contributed by atoms with Crippen molar-refractivity contribution in [1.29, 1.82) is 5.26 Å². The molecule has 0 aliphatic carbocycles. The van der Waals surface area contributed by atoms with Crippen molar-refractivity contribution >= 4 is 5.69 Å². The molecular formula is C13H19N3.